The molecule has 0 saturated heterocycles. The molecule has 0 atom stereocenters. The fourth-order valence-corrected chi connectivity index (χ4v) is 3.99. The number of amides is 1. The van der Waals surface area contributed by atoms with Crippen LogP contribution in [-0.4, -0.2) is 18.5 Å². The first-order valence-corrected chi connectivity index (χ1v) is 9.18. The molecule has 1 saturated carbocycles. The van der Waals surface area contributed by atoms with Crippen molar-refractivity contribution in [2.75, 3.05) is 6.54 Å². The van der Waals surface area contributed by atoms with Gasteiger partial charge < -0.3 is 10.6 Å². The van der Waals surface area contributed by atoms with Gasteiger partial charge in [-0.25, -0.2) is 0 Å². The van der Waals surface area contributed by atoms with Crippen molar-refractivity contribution in [2.45, 2.75) is 37.8 Å². The summed E-state index contributed by atoms with van der Waals surface area (Å²) in [6.45, 7) is 0.860. The number of nitrogens with one attached hydrogen (secondary N) is 2. The molecule has 21 heavy (non-hydrogen) atoms. The Labute approximate surface area is 133 Å². The summed E-state index contributed by atoms with van der Waals surface area (Å²) in [4.78, 5) is 14.3. The number of carbonyl (C=O) groups is 1. The van der Waals surface area contributed by atoms with Gasteiger partial charge in [-0.05, 0) is 48.7 Å². The van der Waals surface area contributed by atoms with Crippen molar-refractivity contribution in [3.05, 3.63) is 44.8 Å². The van der Waals surface area contributed by atoms with Crippen LogP contribution < -0.4 is 10.6 Å². The summed E-state index contributed by atoms with van der Waals surface area (Å²) in [6.07, 6.45) is 3.81. The molecule has 3 rings (SSSR count). The van der Waals surface area contributed by atoms with Gasteiger partial charge in [0.15, 0.2) is 0 Å². The third-order valence-electron chi connectivity index (χ3n) is 3.53. The molecular formula is C16H20N2OS2. The number of hydrogen-bond acceptors (Lipinski definition) is 4. The van der Waals surface area contributed by atoms with Gasteiger partial charge in [-0.15, -0.1) is 22.7 Å². The van der Waals surface area contributed by atoms with Crippen molar-refractivity contribution < 1.29 is 4.79 Å². The average Bonchev–Trinajstić information content (AvgIpc) is 2.99. The van der Waals surface area contributed by atoms with Gasteiger partial charge in [-0.2, -0.15) is 0 Å². The lowest BCUT2D eigenvalue weighted by Gasteiger charge is -2.16. The fraction of sp³-hybridized carbons (Fsp3) is 0.438. The molecule has 2 heterocycles. The van der Waals surface area contributed by atoms with E-state index in [1.54, 1.807) is 22.7 Å². The second-order valence-electron chi connectivity index (χ2n) is 5.36. The lowest BCUT2D eigenvalue weighted by atomic mass is 10.2. The highest BCUT2D eigenvalue weighted by molar-refractivity contribution is 7.11. The van der Waals surface area contributed by atoms with E-state index >= 15 is 0 Å². The van der Waals surface area contributed by atoms with Crippen molar-refractivity contribution in [2.24, 2.45) is 0 Å². The number of hydrogen-bond donors (Lipinski definition) is 2. The smallest absolute Gasteiger partial charge is 0.220 e. The van der Waals surface area contributed by atoms with Crippen molar-refractivity contribution in [3.8, 4) is 0 Å². The van der Waals surface area contributed by atoms with Crippen molar-refractivity contribution >= 4 is 28.6 Å². The first kappa shape index (κ1) is 14.8. The molecule has 0 bridgehead atoms. The average molecular weight is 320 g/mol. The number of thiophene rings is 2. The summed E-state index contributed by atoms with van der Waals surface area (Å²) in [5.74, 6) is 0.197. The Hall–Kier alpha value is -1.17. The van der Waals surface area contributed by atoms with Gasteiger partial charge in [0.2, 0.25) is 5.91 Å². The van der Waals surface area contributed by atoms with Gasteiger partial charge in [0, 0.05) is 22.2 Å². The van der Waals surface area contributed by atoms with E-state index in [9.17, 15) is 4.79 Å². The van der Waals surface area contributed by atoms with E-state index < -0.39 is 0 Å². The van der Waals surface area contributed by atoms with Crippen LogP contribution >= 0.6 is 22.7 Å². The zero-order valence-electron chi connectivity index (χ0n) is 11.9. The van der Waals surface area contributed by atoms with Crippen LogP contribution in [0.5, 0.6) is 0 Å². The zero-order chi connectivity index (χ0) is 14.5. The molecule has 0 aliphatic heterocycles. The quantitative estimate of drug-likeness (QED) is 0.730. The van der Waals surface area contributed by atoms with E-state index in [0.717, 1.165) is 25.8 Å². The van der Waals surface area contributed by atoms with Crippen molar-refractivity contribution in [1.82, 2.24) is 10.6 Å². The maximum atomic E-state index is 11.7. The Morgan fingerprint density at radius 1 is 1.19 bits per heavy atom. The molecule has 0 spiro atoms. The number of rotatable bonds is 8. The highest BCUT2D eigenvalue weighted by atomic mass is 32.1. The van der Waals surface area contributed by atoms with Crippen LogP contribution in [0.3, 0.4) is 0 Å². The summed E-state index contributed by atoms with van der Waals surface area (Å²) in [5, 5.41) is 10.8. The molecule has 1 amide bonds. The van der Waals surface area contributed by atoms with Crippen LogP contribution in [0.1, 0.15) is 41.5 Å². The van der Waals surface area contributed by atoms with Gasteiger partial charge in [0.05, 0.1) is 6.04 Å². The lowest BCUT2D eigenvalue weighted by Crippen LogP contribution is -2.27. The third-order valence-corrected chi connectivity index (χ3v) is 5.40. The fourth-order valence-electron chi connectivity index (χ4n) is 2.28. The van der Waals surface area contributed by atoms with Gasteiger partial charge >= 0.3 is 0 Å². The third kappa shape index (κ3) is 4.40. The van der Waals surface area contributed by atoms with Gasteiger partial charge in [-0.3, -0.25) is 4.79 Å². The SMILES string of the molecule is O=C(CCCNC(c1cccs1)c1cccs1)NC1CC1. The van der Waals surface area contributed by atoms with Gasteiger partial charge in [0.25, 0.3) is 0 Å². The van der Waals surface area contributed by atoms with Crippen LogP contribution in [0.4, 0.5) is 0 Å². The Balaban J connectivity index is 1.47. The predicted octanol–water partition coefficient (Wildman–Crippen LogP) is 3.55. The first-order chi connectivity index (χ1) is 10.3. The summed E-state index contributed by atoms with van der Waals surface area (Å²) >= 11 is 3.55. The summed E-state index contributed by atoms with van der Waals surface area (Å²) < 4.78 is 0. The van der Waals surface area contributed by atoms with E-state index in [1.165, 1.54) is 9.75 Å². The molecule has 5 heteroatoms. The van der Waals surface area contributed by atoms with E-state index in [-0.39, 0.29) is 11.9 Å². The Kier molecular flexibility index (Phi) is 5.06. The summed E-state index contributed by atoms with van der Waals surface area (Å²) in [7, 11) is 0. The van der Waals surface area contributed by atoms with Crippen LogP contribution in [0, 0.1) is 0 Å². The molecule has 2 aromatic heterocycles. The minimum Gasteiger partial charge on any atom is -0.353 e. The molecule has 112 valence electrons. The Morgan fingerprint density at radius 2 is 1.86 bits per heavy atom. The normalized spacial score (nSPS) is 14.5. The van der Waals surface area contributed by atoms with Gasteiger partial charge in [0.1, 0.15) is 0 Å². The van der Waals surface area contributed by atoms with E-state index in [4.69, 9.17) is 0 Å². The molecule has 0 radical (unpaired) electrons. The molecule has 1 aliphatic rings. The molecule has 0 aromatic carbocycles. The second-order valence-corrected chi connectivity index (χ2v) is 7.32. The highest BCUT2D eigenvalue weighted by Gasteiger charge is 2.22. The minimum absolute atomic E-state index is 0.197. The summed E-state index contributed by atoms with van der Waals surface area (Å²) in [6, 6.07) is 9.24. The van der Waals surface area contributed by atoms with E-state index in [2.05, 4.69) is 45.7 Å². The van der Waals surface area contributed by atoms with Crippen molar-refractivity contribution in [3.63, 3.8) is 0 Å². The number of carbonyl (C=O) groups excluding carboxylic acids is 1. The lowest BCUT2D eigenvalue weighted by molar-refractivity contribution is -0.121. The monoisotopic (exact) mass is 320 g/mol. The first-order valence-electron chi connectivity index (χ1n) is 7.42. The maximum Gasteiger partial charge on any atom is 0.220 e. The summed E-state index contributed by atoms with van der Waals surface area (Å²) in [5.41, 5.74) is 0. The largest absolute Gasteiger partial charge is 0.353 e. The predicted molar refractivity (Wildman–Crippen MR) is 88.9 cm³/mol. The molecule has 2 aromatic rings. The highest BCUT2D eigenvalue weighted by Crippen LogP contribution is 2.29. The van der Waals surface area contributed by atoms with Crippen LogP contribution in [-0.2, 0) is 4.79 Å². The molecule has 0 unspecified atom stereocenters. The van der Waals surface area contributed by atoms with Gasteiger partial charge in [-0.1, -0.05) is 12.1 Å². The molecule has 2 N–H and O–H groups in total. The van der Waals surface area contributed by atoms with Crippen molar-refractivity contribution in [1.29, 1.82) is 0 Å². The van der Waals surface area contributed by atoms with E-state index in [1.807, 2.05) is 0 Å². The topological polar surface area (TPSA) is 41.1 Å². The van der Waals surface area contributed by atoms with Crippen LogP contribution in [0.2, 0.25) is 0 Å². The molecule has 1 aliphatic carbocycles. The Morgan fingerprint density at radius 3 is 2.38 bits per heavy atom. The Bertz CT molecular complexity index is 513. The standard InChI is InChI=1S/C16H20N2OS2/c19-15(18-12-7-8-12)6-1-9-17-16(13-4-2-10-20-13)14-5-3-11-21-14/h2-5,10-12,16-17H,1,6-9H2,(H,18,19). The van der Waals surface area contributed by atoms with Crippen LogP contribution in [0.15, 0.2) is 35.0 Å². The maximum absolute atomic E-state index is 11.7. The molecule has 3 nitrogen and oxygen atoms in total. The zero-order valence-corrected chi connectivity index (χ0v) is 13.5. The molecular weight excluding hydrogens is 300 g/mol. The second kappa shape index (κ2) is 7.20. The molecule has 1 fully saturated rings. The minimum atomic E-state index is 0.197. The van der Waals surface area contributed by atoms with Crippen LogP contribution in [0.25, 0.3) is 0 Å². The van der Waals surface area contributed by atoms with E-state index in [0.29, 0.717) is 12.5 Å².